The molecule has 6 aliphatic rings. The maximum Gasteiger partial charge on any atom is 0.253 e. The number of hydrogen-bond acceptors (Lipinski definition) is 32. The Morgan fingerprint density at radius 3 is 0.833 bits per heavy atom. The van der Waals surface area contributed by atoms with Crippen LogP contribution >= 0.6 is 0 Å². The van der Waals surface area contributed by atoms with Gasteiger partial charge in [0.2, 0.25) is 0 Å². The number of rotatable bonds is 34. The molecule has 6 aliphatic heterocycles. The average molecular weight is 1310 g/mol. The molecule has 6 saturated heterocycles. The van der Waals surface area contributed by atoms with Crippen LogP contribution in [0.5, 0.6) is 0 Å². The first-order valence-corrected chi connectivity index (χ1v) is 29.9. The van der Waals surface area contributed by atoms with Crippen molar-refractivity contribution in [3.63, 3.8) is 0 Å². The predicted molar refractivity (Wildman–Crippen MR) is 310 cm³/mol. The summed E-state index contributed by atoms with van der Waals surface area (Å²) < 4.78 is 166. The second kappa shape index (κ2) is 35.5. The molecule has 32 nitrogen and oxygen atoms in total. The van der Waals surface area contributed by atoms with E-state index in [-0.39, 0.29) is 44.4 Å². The lowest BCUT2D eigenvalue weighted by Crippen LogP contribution is -2.68. The van der Waals surface area contributed by atoms with Gasteiger partial charge >= 0.3 is 0 Å². The Kier molecular flexibility index (Phi) is 29.6. The van der Waals surface area contributed by atoms with E-state index in [9.17, 15) is 14.7 Å². The van der Waals surface area contributed by atoms with E-state index in [1.807, 2.05) is 0 Å². The molecule has 0 radical (unpaired) electrons. The van der Waals surface area contributed by atoms with Crippen LogP contribution < -0.4 is 21.5 Å². The average Bonchev–Trinajstić information content (AvgIpc) is 0.781. The summed E-state index contributed by atoms with van der Waals surface area (Å²) in [6.45, 7) is 3.39. The van der Waals surface area contributed by atoms with Gasteiger partial charge in [-0.05, 0) is 13.8 Å². The third-order valence-corrected chi connectivity index (χ3v) is 17.8. The summed E-state index contributed by atoms with van der Waals surface area (Å²) in [6, 6.07) is -1.63. The fraction of sp³-hybridized carbons (Fsp3) is 0.931. The van der Waals surface area contributed by atoms with Gasteiger partial charge < -0.3 is 144 Å². The molecule has 0 bridgehead atoms. The van der Waals surface area contributed by atoms with Crippen molar-refractivity contribution < 1.29 is 133 Å². The molecule has 0 amide bonds. The van der Waals surface area contributed by atoms with E-state index in [0.717, 1.165) is 0 Å². The van der Waals surface area contributed by atoms with E-state index in [1.54, 1.807) is 21.0 Å². The molecule has 90 heavy (non-hydrogen) atoms. The number of aliphatic hydroxyl groups is 1. The zero-order valence-electron chi connectivity index (χ0n) is 55.1. The van der Waals surface area contributed by atoms with E-state index in [1.165, 1.54) is 114 Å². The van der Waals surface area contributed by atoms with Gasteiger partial charge in [0.05, 0.1) is 57.3 Å². The van der Waals surface area contributed by atoms with Crippen molar-refractivity contribution in [1.82, 2.24) is 0 Å². The van der Waals surface area contributed by atoms with Crippen LogP contribution in [0, 0.1) is 0 Å². The first kappa shape index (κ1) is 74.9. The van der Waals surface area contributed by atoms with Crippen LogP contribution in [0.1, 0.15) is 13.8 Å². The topological polar surface area (TPSA) is 328 Å². The third kappa shape index (κ3) is 15.7. The van der Waals surface area contributed by atoms with E-state index < -0.39 is 195 Å². The van der Waals surface area contributed by atoms with Crippen LogP contribution in [-0.2, 0) is 128 Å². The van der Waals surface area contributed by atoms with E-state index in [2.05, 4.69) is 10.6 Å². The molecule has 6 fully saturated rings. The van der Waals surface area contributed by atoms with Crippen molar-refractivity contribution in [1.29, 1.82) is 0 Å². The van der Waals surface area contributed by atoms with Crippen molar-refractivity contribution in [3.05, 3.63) is 20.4 Å². The molecule has 1 aromatic carbocycles. The molecule has 0 aliphatic carbocycles. The van der Waals surface area contributed by atoms with Crippen LogP contribution in [0.15, 0.2) is 9.59 Å². The quantitative estimate of drug-likeness (QED) is 0.0643. The molecule has 30 atom stereocenters. The van der Waals surface area contributed by atoms with Gasteiger partial charge in [0, 0.05) is 121 Å². The fourth-order valence-electron chi connectivity index (χ4n) is 13.4. The van der Waals surface area contributed by atoms with Crippen LogP contribution in [0.2, 0.25) is 0 Å². The molecule has 3 N–H and O–H groups in total. The second-order valence-electron chi connectivity index (χ2n) is 22.6. The molecule has 29 unspecified atom stereocenters. The molecule has 7 rings (SSSR count). The minimum Gasteiger partial charge on any atom is -0.394 e. The van der Waals surface area contributed by atoms with E-state index >= 15 is 0 Å². The molecule has 32 heteroatoms. The maximum absolute atomic E-state index is 13.7. The zero-order valence-corrected chi connectivity index (χ0v) is 55.1. The summed E-state index contributed by atoms with van der Waals surface area (Å²) in [6.07, 6.45) is -24.5. The molecule has 6 heterocycles. The Labute approximate surface area is 525 Å². The molecular weight excluding hydrogens is 1200 g/mol. The van der Waals surface area contributed by atoms with E-state index in [0.29, 0.717) is 0 Å². The predicted octanol–water partition coefficient (Wildman–Crippen LogP) is -1.78. The van der Waals surface area contributed by atoms with Crippen molar-refractivity contribution >= 4 is 11.4 Å². The van der Waals surface area contributed by atoms with Crippen molar-refractivity contribution in [2.24, 2.45) is 0 Å². The SMILES string of the molecule is COCC1OC(CO)C(OC)C(OC)C1OC1OC(COC)C(OC2OC(C)C(Nc3c(NC4C(C)OC(OC5C(COC)OC(OC6C(COC)OC(OC)C(OC)[C@H]6OC)C(OC)C5OC)C(OC)C4OC)c(=O)c3=O)C(OC)C2OC)C(OC)C1OC. The van der Waals surface area contributed by atoms with Gasteiger partial charge in [0.15, 0.2) is 31.5 Å². The van der Waals surface area contributed by atoms with Crippen LogP contribution in [0.3, 0.4) is 0 Å². The Hall–Kier alpha value is -2.44. The van der Waals surface area contributed by atoms with Crippen LogP contribution in [-0.4, -0.2) is 343 Å². The van der Waals surface area contributed by atoms with Gasteiger partial charge in [-0.15, -0.1) is 0 Å². The number of ether oxygens (including phenoxy) is 27. The zero-order chi connectivity index (χ0) is 65.7. The lowest BCUT2D eigenvalue weighted by molar-refractivity contribution is -0.380. The van der Waals surface area contributed by atoms with Gasteiger partial charge in [-0.2, -0.15) is 0 Å². The Balaban J connectivity index is 1.06. The molecule has 0 saturated carbocycles. The number of aliphatic hydroxyl groups excluding tert-OH is 1. The highest BCUT2D eigenvalue weighted by Gasteiger charge is 2.59. The summed E-state index contributed by atoms with van der Waals surface area (Å²) in [5, 5.41) is 16.7. The first-order valence-electron chi connectivity index (χ1n) is 29.9. The van der Waals surface area contributed by atoms with Crippen molar-refractivity contribution in [3.8, 4) is 0 Å². The molecule has 522 valence electrons. The minimum absolute atomic E-state index is 0.00313. The van der Waals surface area contributed by atoms with Gasteiger partial charge in [-0.3, -0.25) is 9.59 Å². The summed E-state index contributed by atoms with van der Waals surface area (Å²) in [5.74, 6) is 0. The van der Waals surface area contributed by atoms with Gasteiger partial charge in [-0.25, -0.2) is 0 Å². The highest BCUT2D eigenvalue weighted by molar-refractivity contribution is 5.75. The molecule has 1 aromatic rings. The summed E-state index contributed by atoms with van der Waals surface area (Å²) in [5.41, 5.74) is -1.66. The molecule has 0 spiro atoms. The lowest BCUT2D eigenvalue weighted by atomic mass is 9.93. The van der Waals surface area contributed by atoms with Crippen LogP contribution in [0.4, 0.5) is 11.4 Å². The fourth-order valence-corrected chi connectivity index (χ4v) is 13.4. The normalized spacial score (nSPS) is 42.8. The lowest BCUT2D eigenvalue weighted by Gasteiger charge is -2.51. The van der Waals surface area contributed by atoms with Gasteiger partial charge in [0.25, 0.3) is 10.9 Å². The van der Waals surface area contributed by atoms with Crippen molar-refractivity contribution in [2.45, 2.75) is 198 Å². The summed E-state index contributed by atoms with van der Waals surface area (Å²) in [7, 11) is 25.5. The number of anilines is 2. The Morgan fingerprint density at radius 1 is 0.300 bits per heavy atom. The Morgan fingerprint density at radius 2 is 0.556 bits per heavy atom. The summed E-state index contributed by atoms with van der Waals surface area (Å²) >= 11 is 0. The smallest absolute Gasteiger partial charge is 0.253 e. The van der Waals surface area contributed by atoms with Crippen molar-refractivity contribution in [2.75, 3.05) is 165 Å². The van der Waals surface area contributed by atoms with Crippen LogP contribution in [0.25, 0.3) is 0 Å². The number of methoxy groups -OCH3 is 17. The Bertz CT molecular complexity index is 2160. The maximum atomic E-state index is 13.7. The monoisotopic (exact) mass is 1300 g/mol. The molecule has 0 aromatic heterocycles. The van der Waals surface area contributed by atoms with Gasteiger partial charge in [-0.1, -0.05) is 0 Å². The standard InChI is InChI=1S/C58H100N2O30/c1-25-32(43(69-8)49(75-14)55(81-25)87-41-30(23-66-5)85-57(52(78-17)47(41)73-12)89-39-28(21-64-3)83-27(20-61)38(68-7)45(39)71-10)59-34-35(37(63)36(34)62)60-33-26(2)82-56(50(76-15)44(33)70-9)88-42-31(24-67-6)86-58(53(79-18)48(42)74-13)90-40-29(22-65-4)84-54(80-19)51(77-16)46(40)72-11/h25-33,38-61H,20-24H2,1-19H3/t25?,26?,27?,28?,29?,30?,31?,32?,33?,38?,39?,40?,41?,42?,43?,44?,45?,46-,47?,48?,49?,50?,51?,52?,53?,54?,55?,56?,57?,58?/m0/s1. The largest absolute Gasteiger partial charge is 0.394 e. The first-order chi connectivity index (χ1) is 43.5. The summed E-state index contributed by atoms with van der Waals surface area (Å²) in [4.78, 5) is 27.5. The second-order valence-corrected chi connectivity index (χ2v) is 22.6. The van der Waals surface area contributed by atoms with E-state index in [4.69, 9.17) is 128 Å². The van der Waals surface area contributed by atoms with Gasteiger partial charge in [0.1, 0.15) is 140 Å². The molecular formula is C58H100N2O30. The number of nitrogens with one attached hydrogen (secondary N) is 2. The highest BCUT2D eigenvalue weighted by atomic mass is 16.8. The minimum atomic E-state index is -1.15. The number of hydrogen-bond donors (Lipinski definition) is 3. The highest BCUT2D eigenvalue weighted by Crippen LogP contribution is 2.40. The third-order valence-electron chi connectivity index (χ3n) is 17.8.